The molecule has 1 aliphatic heterocycles. The highest BCUT2D eigenvalue weighted by Gasteiger charge is 2.24. The number of ether oxygens (including phenoxy) is 3. The second kappa shape index (κ2) is 7.31. The Hall–Kier alpha value is -2.27. The summed E-state index contributed by atoms with van der Waals surface area (Å²) in [6.45, 7) is 7.22. The quantitative estimate of drug-likeness (QED) is 0.867. The third-order valence-electron chi connectivity index (χ3n) is 4.29. The van der Waals surface area contributed by atoms with Crippen molar-refractivity contribution in [2.75, 3.05) is 13.7 Å². The van der Waals surface area contributed by atoms with Gasteiger partial charge in [-0.3, -0.25) is 4.98 Å². The van der Waals surface area contributed by atoms with Crippen LogP contribution < -0.4 is 19.9 Å². The van der Waals surface area contributed by atoms with E-state index in [1.54, 1.807) is 7.11 Å². The van der Waals surface area contributed by atoms with Gasteiger partial charge >= 0.3 is 0 Å². The number of benzene rings is 1. The third kappa shape index (κ3) is 3.71. The molecule has 2 heterocycles. The number of hydrogen-bond donors (Lipinski definition) is 1. The Morgan fingerprint density at radius 1 is 1.28 bits per heavy atom. The number of pyridine rings is 1. The van der Waals surface area contributed by atoms with E-state index in [-0.39, 0.29) is 6.04 Å². The van der Waals surface area contributed by atoms with Gasteiger partial charge in [-0.1, -0.05) is 13.8 Å². The minimum absolute atomic E-state index is 0.00360. The first-order valence-electron chi connectivity index (χ1n) is 8.67. The fourth-order valence-electron chi connectivity index (χ4n) is 3.18. The number of hydrogen-bond acceptors (Lipinski definition) is 5. The molecule has 3 rings (SSSR count). The van der Waals surface area contributed by atoms with Gasteiger partial charge < -0.3 is 19.9 Å². The van der Waals surface area contributed by atoms with Gasteiger partial charge in [0.1, 0.15) is 13.2 Å². The molecule has 0 bridgehead atoms. The molecule has 0 saturated heterocycles. The predicted molar refractivity (Wildman–Crippen MR) is 98.2 cm³/mol. The van der Waals surface area contributed by atoms with Crippen LogP contribution in [0.1, 0.15) is 31.5 Å². The largest absolute Gasteiger partial charge is 0.490 e. The monoisotopic (exact) mass is 342 g/mol. The van der Waals surface area contributed by atoms with Crippen molar-refractivity contribution in [1.82, 2.24) is 4.98 Å². The number of fused-ring (bicyclic) bond motifs is 3. The molecule has 1 aromatic carbocycles. The fourth-order valence-corrected chi connectivity index (χ4v) is 3.18. The van der Waals surface area contributed by atoms with Gasteiger partial charge in [0, 0.05) is 29.1 Å². The Morgan fingerprint density at radius 2 is 2.08 bits per heavy atom. The van der Waals surface area contributed by atoms with Gasteiger partial charge in [-0.05, 0) is 43.0 Å². The van der Waals surface area contributed by atoms with Crippen molar-refractivity contribution in [3.05, 3.63) is 35.7 Å². The van der Waals surface area contributed by atoms with E-state index < -0.39 is 0 Å². The first kappa shape index (κ1) is 17.5. The van der Waals surface area contributed by atoms with E-state index in [0.717, 1.165) is 34.6 Å². The van der Waals surface area contributed by atoms with Crippen LogP contribution in [-0.2, 0) is 6.61 Å². The van der Waals surface area contributed by atoms with E-state index in [2.05, 4.69) is 24.9 Å². The topological polar surface area (TPSA) is 66.6 Å². The number of methoxy groups -OCH3 is 1. The highest BCUT2D eigenvalue weighted by atomic mass is 16.5. The van der Waals surface area contributed by atoms with E-state index in [1.165, 1.54) is 0 Å². The smallest absolute Gasteiger partial charge is 0.203 e. The average Bonchev–Trinajstić information content (AvgIpc) is 2.58. The molecule has 0 amide bonds. The van der Waals surface area contributed by atoms with Crippen LogP contribution in [0, 0.1) is 12.8 Å². The van der Waals surface area contributed by atoms with Crippen molar-refractivity contribution in [2.45, 2.75) is 39.8 Å². The summed E-state index contributed by atoms with van der Waals surface area (Å²) in [5.41, 5.74) is 10.3. The number of nitrogens with two attached hydrogens (primary N) is 1. The summed E-state index contributed by atoms with van der Waals surface area (Å²) in [5, 5.41) is 0. The van der Waals surface area contributed by atoms with Crippen molar-refractivity contribution in [1.29, 1.82) is 0 Å². The molecule has 1 aromatic heterocycles. The van der Waals surface area contributed by atoms with Gasteiger partial charge in [-0.25, -0.2) is 0 Å². The summed E-state index contributed by atoms with van der Waals surface area (Å²) in [4.78, 5) is 4.35. The molecule has 0 unspecified atom stereocenters. The molecule has 5 heteroatoms. The Kier molecular flexibility index (Phi) is 5.13. The maximum absolute atomic E-state index is 6.13. The number of aryl methyl sites for hydroxylation is 1. The van der Waals surface area contributed by atoms with Crippen molar-refractivity contribution in [2.24, 2.45) is 11.7 Å². The molecule has 1 atom stereocenters. The zero-order valence-corrected chi connectivity index (χ0v) is 15.3. The summed E-state index contributed by atoms with van der Waals surface area (Å²) >= 11 is 0. The number of aromatic nitrogens is 1. The molecule has 2 aromatic rings. The minimum Gasteiger partial charge on any atom is -0.490 e. The van der Waals surface area contributed by atoms with E-state index in [0.29, 0.717) is 30.6 Å². The second-order valence-corrected chi connectivity index (χ2v) is 6.95. The molecule has 0 aliphatic carbocycles. The molecule has 0 spiro atoms. The van der Waals surface area contributed by atoms with Gasteiger partial charge in [-0.15, -0.1) is 0 Å². The van der Waals surface area contributed by atoms with Crippen LogP contribution in [0.4, 0.5) is 0 Å². The van der Waals surface area contributed by atoms with Gasteiger partial charge in [0.05, 0.1) is 7.11 Å². The molecule has 1 aliphatic rings. The lowest BCUT2D eigenvalue weighted by molar-refractivity contribution is 0.243. The first-order valence-corrected chi connectivity index (χ1v) is 8.67. The van der Waals surface area contributed by atoms with Crippen molar-refractivity contribution < 1.29 is 14.2 Å². The van der Waals surface area contributed by atoms with Crippen LogP contribution in [0.3, 0.4) is 0 Å². The van der Waals surface area contributed by atoms with Crippen LogP contribution in [0.2, 0.25) is 0 Å². The molecule has 0 radical (unpaired) electrons. The van der Waals surface area contributed by atoms with Crippen LogP contribution in [0.5, 0.6) is 17.2 Å². The summed E-state index contributed by atoms with van der Waals surface area (Å²) in [7, 11) is 1.63. The molecular formula is C20H26N2O3. The third-order valence-corrected chi connectivity index (χ3v) is 4.29. The maximum Gasteiger partial charge on any atom is 0.203 e. The predicted octanol–water partition coefficient (Wildman–Crippen LogP) is 3.71. The Morgan fingerprint density at radius 3 is 2.80 bits per heavy atom. The van der Waals surface area contributed by atoms with E-state index >= 15 is 0 Å². The highest BCUT2D eigenvalue weighted by Crippen LogP contribution is 2.48. The molecule has 0 fully saturated rings. The molecule has 0 saturated carbocycles. The minimum atomic E-state index is -0.00360. The molecular weight excluding hydrogens is 316 g/mol. The van der Waals surface area contributed by atoms with Gasteiger partial charge in [0.2, 0.25) is 5.75 Å². The van der Waals surface area contributed by atoms with Gasteiger partial charge in [0.25, 0.3) is 0 Å². The normalized spacial score (nSPS) is 13.7. The van der Waals surface area contributed by atoms with E-state index in [4.69, 9.17) is 19.9 Å². The Bertz CT molecular complexity index is 759. The van der Waals surface area contributed by atoms with Crippen LogP contribution in [-0.4, -0.2) is 24.7 Å². The van der Waals surface area contributed by atoms with Gasteiger partial charge in [0.15, 0.2) is 11.5 Å². The van der Waals surface area contributed by atoms with Crippen molar-refractivity contribution in [3.63, 3.8) is 0 Å². The SMILES string of the molecule is COc1c(OC[C@@H](N)CC(C)C)ccc2c1OCc1cnc(C)cc1-2. The van der Waals surface area contributed by atoms with Crippen LogP contribution in [0.15, 0.2) is 24.4 Å². The lowest BCUT2D eigenvalue weighted by Gasteiger charge is -2.24. The number of rotatable bonds is 6. The maximum atomic E-state index is 6.13. The van der Waals surface area contributed by atoms with E-state index in [1.807, 2.05) is 25.3 Å². The van der Waals surface area contributed by atoms with E-state index in [9.17, 15) is 0 Å². The number of nitrogens with zero attached hydrogens (tertiary/aromatic N) is 1. The Balaban J connectivity index is 1.89. The van der Waals surface area contributed by atoms with Crippen molar-refractivity contribution >= 4 is 0 Å². The highest BCUT2D eigenvalue weighted by molar-refractivity contribution is 5.79. The fraction of sp³-hybridized carbons (Fsp3) is 0.450. The Labute approximate surface area is 149 Å². The average molecular weight is 342 g/mol. The van der Waals surface area contributed by atoms with Crippen molar-refractivity contribution in [3.8, 4) is 28.4 Å². The van der Waals surface area contributed by atoms with Gasteiger partial charge in [-0.2, -0.15) is 0 Å². The standard InChI is InChI=1S/C20H26N2O3/c1-12(2)7-15(21)11-24-18-6-5-16-17-8-13(3)22-9-14(17)10-25-19(16)20(18)23-4/h5-6,8-9,12,15H,7,10-11,21H2,1-4H3/t15-/m0/s1. The summed E-state index contributed by atoms with van der Waals surface area (Å²) in [6, 6.07) is 6.01. The second-order valence-electron chi connectivity index (χ2n) is 6.95. The first-order chi connectivity index (χ1) is 12.0. The summed E-state index contributed by atoms with van der Waals surface area (Å²) in [6.07, 6.45) is 2.79. The molecule has 5 nitrogen and oxygen atoms in total. The lowest BCUT2D eigenvalue weighted by atomic mass is 9.97. The zero-order chi connectivity index (χ0) is 18.0. The summed E-state index contributed by atoms with van der Waals surface area (Å²) < 4.78 is 17.5. The molecule has 25 heavy (non-hydrogen) atoms. The van der Waals surface area contributed by atoms with Crippen LogP contribution >= 0.6 is 0 Å². The van der Waals surface area contributed by atoms with Crippen LogP contribution in [0.25, 0.3) is 11.1 Å². The zero-order valence-electron chi connectivity index (χ0n) is 15.3. The summed E-state index contributed by atoms with van der Waals surface area (Å²) in [5.74, 6) is 2.54. The lowest BCUT2D eigenvalue weighted by Crippen LogP contribution is -2.29. The molecule has 134 valence electrons. The molecule has 2 N–H and O–H groups in total.